The van der Waals surface area contributed by atoms with Gasteiger partial charge in [0.25, 0.3) is 5.88 Å². The fourth-order valence-corrected chi connectivity index (χ4v) is 1.57. The van der Waals surface area contributed by atoms with Crippen molar-refractivity contribution in [3.63, 3.8) is 0 Å². The summed E-state index contributed by atoms with van der Waals surface area (Å²) in [4.78, 5) is 1.79. The zero-order valence-corrected chi connectivity index (χ0v) is 12.8. The molecule has 0 saturated carbocycles. The summed E-state index contributed by atoms with van der Waals surface area (Å²) < 4.78 is 0. The van der Waals surface area contributed by atoms with E-state index in [9.17, 15) is 5.11 Å². The number of aliphatic hydroxyl groups excluding tert-OH is 1. The van der Waals surface area contributed by atoms with Crippen LogP contribution >= 0.6 is 17.0 Å². The third kappa shape index (κ3) is 4.99. The smallest absolute Gasteiger partial charge is 0.254 e. The molecule has 5 nitrogen and oxygen atoms in total. The lowest BCUT2D eigenvalue weighted by molar-refractivity contribution is 0.370. The minimum absolute atomic E-state index is 0. The molecule has 1 aromatic carbocycles. The van der Waals surface area contributed by atoms with E-state index in [1.807, 2.05) is 55.7 Å². The number of nitrogens with zero attached hydrogens (tertiary/aromatic N) is 3. The number of aliphatic hydroxyl groups is 1. The Morgan fingerprint density at radius 3 is 2.55 bits per heavy atom. The summed E-state index contributed by atoms with van der Waals surface area (Å²) in [6, 6.07) is 9.79. The van der Waals surface area contributed by atoms with Gasteiger partial charge in [0.15, 0.2) is 0 Å². The quantitative estimate of drug-likeness (QED) is 0.678. The summed E-state index contributed by atoms with van der Waals surface area (Å²) in [5.74, 6) is -0.0750. The van der Waals surface area contributed by atoms with E-state index in [0.717, 1.165) is 5.56 Å². The average molecular weight is 340 g/mol. The molecule has 6 heteroatoms. The molecule has 20 heavy (non-hydrogen) atoms. The van der Waals surface area contributed by atoms with Crippen LogP contribution in [0.1, 0.15) is 5.56 Å². The van der Waals surface area contributed by atoms with Crippen molar-refractivity contribution in [2.24, 2.45) is 10.2 Å². The van der Waals surface area contributed by atoms with E-state index in [4.69, 9.17) is 0 Å². The van der Waals surface area contributed by atoms with Crippen LogP contribution in [-0.2, 0) is 6.54 Å². The van der Waals surface area contributed by atoms with Gasteiger partial charge in [-0.25, -0.2) is 0 Å². The molecule has 3 N–H and O–H groups in total. The van der Waals surface area contributed by atoms with Gasteiger partial charge in [-0.2, -0.15) is 5.11 Å². The molecular weight excluding hydrogens is 322 g/mol. The van der Waals surface area contributed by atoms with Crippen molar-refractivity contribution in [1.82, 2.24) is 4.90 Å². The Balaban J connectivity index is 0.00000180. The maximum atomic E-state index is 9.81. The maximum Gasteiger partial charge on any atom is 0.254 e. The van der Waals surface area contributed by atoms with E-state index in [-0.39, 0.29) is 28.3 Å². The van der Waals surface area contributed by atoms with E-state index in [1.54, 1.807) is 11.0 Å². The molecule has 0 bridgehead atoms. The van der Waals surface area contributed by atoms with Crippen LogP contribution in [0.4, 0.5) is 0 Å². The Kier molecular flexibility index (Phi) is 8.19. The van der Waals surface area contributed by atoms with Crippen LogP contribution in [0.25, 0.3) is 0 Å². The summed E-state index contributed by atoms with van der Waals surface area (Å²) in [6.07, 6.45) is 7.37. The Morgan fingerprint density at radius 1 is 1.20 bits per heavy atom. The molecule has 0 unspecified atom stereocenters. The second-order valence-electron chi connectivity index (χ2n) is 3.91. The van der Waals surface area contributed by atoms with Crippen LogP contribution < -0.4 is 0 Å². The number of benzene rings is 1. The van der Waals surface area contributed by atoms with Crippen molar-refractivity contribution in [3.05, 3.63) is 71.9 Å². The molecule has 0 amide bonds. The molecule has 1 aliphatic rings. The monoisotopic (exact) mass is 339 g/mol. The van der Waals surface area contributed by atoms with Crippen molar-refractivity contribution in [2.45, 2.75) is 6.54 Å². The third-order valence-corrected chi connectivity index (χ3v) is 2.55. The van der Waals surface area contributed by atoms with Gasteiger partial charge >= 0.3 is 0 Å². The van der Waals surface area contributed by atoms with E-state index in [2.05, 4.69) is 10.2 Å². The molecule has 108 valence electrons. The fourth-order valence-electron chi connectivity index (χ4n) is 1.57. The highest BCUT2D eigenvalue weighted by Crippen LogP contribution is 2.14. The summed E-state index contributed by atoms with van der Waals surface area (Å²) in [5, 5.41) is 17.6. The van der Waals surface area contributed by atoms with Crippen LogP contribution in [0.5, 0.6) is 0 Å². The van der Waals surface area contributed by atoms with Gasteiger partial charge in [-0.05, 0) is 17.7 Å². The van der Waals surface area contributed by atoms with Crippen LogP contribution in [0.15, 0.2) is 76.6 Å². The molecule has 2 rings (SSSR count). The van der Waals surface area contributed by atoms with E-state index >= 15 is 0 Å². The fraction of sp³-hybridized carbons (Fsp3) is 0.143. The van der Waals surface area contributed by atoms with Crippen LogP contribution in [0, 0.1) is 0 Å². The number of halogens is 1. The first-order chi connectivity index (χ1) is 8.77. The highest BCUT2D eigenvalue weighted by atomic mass is 79.9. The molecule has 0 saturated heterocycles. The summed E-state index contributed by atoms with van der Waals surface area (Å²) in [7, 11) is 1.85. The topological polar surface area (TPSA) is 79.7 Å². The van der Waals surface area contributed by atoms with Gasteiger partial charge in [-0.1, -0.05) is 36.4 Å². The van der Waals surface area contributed by atoms with Crippen LogP contribution in [0.2, 0.25) is 0 Å². The summed E-state index contributed by atoms with van der Waals surface area (Å²) >= 11 is 0. The molecule has 1 aliphatic heterocycles. The molecule has 1 aromatic rings. The Hall–Kier alpha value is -1.92. The molecule has 0 radical (unpaired) electrons. The second kappa shape index (κ2) is 9.06. The first-order valence-corrected chi connectivity index (χ1v) is 5.70. The van der Waals surface area contributed by atoms with Crippen molar-refractivity contribution in [3.8, 4) is 0 Å². The van der Waals surface area contributed by atoms with Crippen LogP contribution in [0.3, 0.4) is 0 Å². The first kappa shape index (κ1) is 18.1. The predicted molar refractivity (Wildman–Crippen MR) is 84.6 cm³/mol. The van der Waals surface area contributed by atoms with Gasteiger partial charge < -0.3 is 15.5 Å². The normalized spacial score (nSPS) is 15.8. The maximum absolute atomic E-state index is 9.81. The Bertz CT molecular complexity index is 524. The summed E-state index contributed by atoms with van der Waals surface area (Å²) in [6.45, 7) is 0.460. The van der Waals surface area contributed by atoms with Gasteiger partial charge in [-0.3, -0.25) is 0 Å². The standard InChI is InChI=1S/C14H15N3O.BrH.H2O/c1-17-10-6-5-9-13(17)14(18)16-15-11-12-7-3-2-4-8-12;;/h2-10,18H,11H2,1H3;1H;1H2. The lowest BCUT2D eigenvalue weighted by Crippen LogP contribution is -2.12. The molecular formula is C14H18BrN3O2. The largest absolute Gasteiger partial charge is 0.491 e. The SMILES string of the molecule is Br.CN1C=CC=CC1=C(O)N=NCc1ccccc1.O. The van der Waals surface area contributed by atoms with Crippen molar-refractivity contribution in [1.29, 1.82) is 0 Å². The van der Waals surface area contributed by atoms with E-state index in [0.29, 0.717) is 12.2 Å². The van der Waals surface area contributed by atoms with Crippen molar-refractivity contribution in [2.75, 3.05) is 7.05 Å². The minimum Gasteiger partial charge on any atom is -0.491 e. The second-order valence-corrected chi connectivity index (χ2v) is 3.91. The number of hydrogen-bond acceptors (Lipinski definition) is 4. The molecule has 0 aromatic heterocycles. The van der Waals surface area contributed by atoms with Crippen molar-refractivity contribution < 1.29 is 10.6 Å². The van der Waals surface area contributed by atoms with Gasteiger partial charge in [-0.15, -0.1) is 22.1 Å². The Morgan fingerprint density at radius 2 is 1.90 bits per heavy atom. The summed E-state index contributed by atoms with van der Waals surface area (Å²) in [5.41, 5.74) is 1.70. The van der Waals surface area contributed by atoms with Gasteiger partial charge in [0.05, 0.1) is 6.54 Å². The number of hydrogen-bond donors (Lipinski definition) is 1. The minimum atomic E-state index is -0.0750. The third-order valence-electron chi connectivity index (χ3n) is 2.55. The van der Waals surface area contributed by atoms with Gasteiger partial charge in [0.2, 0.25) is 0 Å². The lowest BCUT2D eigenvalue weighted by atomic mass is 10.2. The number of likely N-dealkylation sites (N-methyl/N-ethyl adjacent to an activating group) is 1. The Labute approximate surface area is 128 Å². The molecule has 0 atom stereocenters. The number of azo groups is 1. The predicted octanol–water partition coefficient (Wildman–Crippen LogP) is 3.13. The molecule has 0 spiro atoms. The highest BCUT2D eigenvalue weighted by molar-refractivity contribution is 8.93. The average Bonchev–Trinajstić information content (AvgIpc) is 2.40. The highest BCUT2D eigenvalue weighted by Gasteiger charge is 2.07. The number of allylic oxidation sites excluding steroid dienone is 3. The zero-order chi connectivity index (χ0) is 12.8. The van der Waals surface area contributed by atoms with Gasteiger partial charge in [0, 0.05) is 13.2 Å². The van der Waals surface area contributed by atoms with Crippen LogP contribution in [-0.4, -0.2) is 22.5 Å². The molecule has 1 heterocycles. The lowest BCUT2D eigenvalue weighted by Gasteiger charge is -2.17. The van der Waals surface area contributed by atoms with E-state index < -0.39 is 0 Å². The number of rotatable bonds is 3. The first-order valence-electron chi connectivity index (χ1n) is 5.70. The zero-order valence-electron chi connectivity index (χ0n) is 11.1. The molecule has 0 aliphatic carbocycles. The van der Waals surface area contributed by atoms with E-state index in [1.165, 1.54) is 0 Å². The van der Waals surface area contributed by atoms with Crippen molar-refractivity contribution >= 4 is 17.0 Å². The van der Waals surface area contributed by atoms with Gasteiger partial charge in [0.1, 0.15) is 5.70 Å². The molecule has 0 fully saturated rings.